The standard InChI is InChI=1S/C14H23NO3S/c1-3-5-12-11(4-2)10-13(19-12)14(18)15(6-8-16)7-9-17/h10,16-17H,3-9H2,1-2H3. The fourth-order valence-corrected chi connectivity index (χ4v) is 3.35. The Morgan fingerprint density at radius 1 is 1.26 bits per heavy atom. The first-order chi connectivity index (χ1) is 9.17. The summed E-state index contributed by atoms with van der Waals surface area (Å²) in [6, 6.07) is 1.96. The predicted octanol–water partition coefficient (Wildman–Crippen LogP) is 1.69. The highest BCUT2D eigenvalue weighted by molar-refractivity contribution is 7.14. The Kier molecular flexibility index (Phi) is 7.05. The van der Waals surface area contributed by atoms with E-state index >= 15 is 0 Å². The van der Waals surface area contributed by atoms with Gasteiger partial charge in [-0.3, -0.25) is 4.79 Å². The van der Waals surface area contributed by atoms with E-state index < -0.39 is 0 Å². The highest BCUT2D eigenvalue weighted by Crippen LogP contribution is 2.25. The fourth-order valence-electron chi connectivity index (χ4n) is 2.02. The molecule has 1 aromatic rings. The van der Waals surface area contributed by atoms with Crippen LogP contribution >= 0.6 is 11.3 Å². The Morgan fingerprint density at radius 2 is 1.89 bits per heavy atom. The first-order valence-electron chi connectivity index (χ1n) is 6.80. The molecular formula is C14H23NO3S. The van der Waals surface area contributed by atoms with Gasteiger partial charge in [0.1, 0.15) is 0 Å². The van der Waals surface area contributed by atoms with Crippen molar-refractivity contribution in [1.82, 2.24) is 4.90 Å². The molecule has 0 aliphatic heterocycles. The van der Waals surface area contributed by atoms with Gasteiger partial charge in [-0.2, -0.15) is 0 Å². The van der Waals surface area contributed by atoms with E-state index in [0.29, 0.717) is 4.88 Å². The van der Waals surface area contributed by atoms with Gasteiger partial charge in [0, 0.05) is 18.0 Å². The summed E-state index contributed by atoms with van der Waals surface area (Å²) in [5.74, 6) is -0.0925. The van der Waals surface area contributed by atoms with Gasteiger partial charge in [-0.25, -0.2) is 0 Å². The molecule has 1 heterocycles. The number of aliphatic hydroxyl groups excluding tert-OH is 2. The van der Waals surface area contributed by atoms with Crippen molar-refractivity contribution in [2.45, 2.75) is 33.1 Å². The zero-order valence-corrected chi connectivity index (χ0v) is 12.5. The Bertz CT molecular complexity index is 397. The molecule has 19 heavy (non-hydrogen) atoms. The monoisotopic (exact) mass is 285 g/mol. The summed E-state index contributed by atoms with van der Waals surface area (Å²) in [5.41, 5.74) is 1.24. The topological polar surface area (TPSA) is 60.8 Å². The normalized spacial score (nSPS) is 10.7. The van der Waals surface area contributed by atoms with Crippen molar-refractivity contribution in [3.05, 3.63) is 21.4 Å². The molecule has 0 radical (unpaired) electrons. The van der Waals surface area contributed by atoms with Gasteiger partial charge in [0.2, 0.25) is 0 Å². The van der Waals surface area contributed by atoms with E-state index in [2.05, 4.69) is 13.8 Å². The minimum Gasteiger partial charge on any atom is -0.395 e. The van der Waals surface area contributed by atoms with E-state index in [1.807, 2.05) is 6.07 Å². The van der Waals surface area contributed by atoms with E-state index in [9.17, 15) is 4.79 Å². The smallest absolute Gasteiger partial charge is 0.264 e. The Balaban J connectivity index is 2.90. The Morgan fingerprint density at radius 3 is 2.37 bits per heavy atom. The Labute approximate surface area is 118 Å². The van der Waals surface area contributed by atoms with Gasteiger partial charge in [-0.1, -0.05) is 20.3 Å². The molecule has 0 unspecified atom stereocenters. The molecule has 0 saturated carbocycles. The second kappa shape index (κ2) is 8.30. The van der Waals surface area contributed by atoms with E-state index in [1.54, 1.807) is 11.3 Å². The predicted molar refractivity (Wildman–Crippen MR) is 77.8 cm³/mol. The molecular weight excluding hydrogens is 262 g/mol. The number of thiophene rings is 1. The molecule has 0 aliphatic carbocycles. The molecule has 4 nitrogen and oxygen atoms in total. The molecule has 0 spiro atoms. The number of nitrogens with zero attached hydrogens (tertiary/aromatic N) is 1. The molecule has 5 heteroatoms. The van der Waals surface area contributed by atoms with Crippen molar-refractivity contribution in [3.63, 3.8) is 0 Å². The van der Waals surface area contributed by atoms with Crippen LogP contribution in [0.1, 0.15) is 40.4 Å². The maximum absolute atomic E-state index is 12.3. The summed E-state index contributed by atoms with van der Waals surface area (Å²) >= 11 is 1.54. The molecule has 0 saturated heterocycles. The van der Waals surface area contributed by atoms with E-state index in [-0.39, 0.29) is 32.2 Å². The first-order valence-corrected chi connectivity index (χ1v) is 7.62. The third-order valence-electron chi connectivity index (χ3n) is 2.99. The lowest BCUT2D eigenvalue weighted by atomic mass is 10.1. The van der Waals surface area contributed by atoms with Crippen LogP contribution in [0.5, 0.6) is 0 Å². The molecule has 0 atom stereocenters. The fraction of sp³-hybridized carbons (Fsp3) is 0.643. The van der Waals surface area contributed by atoms with Crippen molar-refractivity contribution in [2.75, 3.05) is 26.3 Å². The van der Waals surface area contributed by atoms with Crippen LogP contribution in [0.15, 0.2) is 6.07 Å². The maximum atomic E-state index is 12.3. The van der Waals surface area contributed by atoms with Crippen LogP contribution in [0.2, 0.25) is 0 Å². The molecule has 0 aliphatic rings. The molecule has 0 aromatic carbocycles. The minimum atomic E-state index is -0.0925. The molecule has 0 fully saturated rings. The van der Waals surface area contributed by atoms with Crippen molar-refractivity contribution >= 4 is 17.2 Å². The van der Waals surface area contributed by atoms with Crippen LogP contribution in [-0.4, -0.2) is 47.3 Å². The second-order valence-corrected chi connectivity index (χ2v) is 5.54. The lowest BCUT2D eigenvalue weighted by Crippen LogP contribution is -2.35. The number of aliphatic hydroxyl groups is 2. The summed E-state index contributed by atoms with van der Waals surface area (Å²) < 4.78 is 0. The van der Waals surface area contributed by atoms with E-state index in [1.165, 1.54) is 15.3 Å². The van der Waals surface area contributed by atoms with Gasteiger partial charge in [-0.05, 0) is 24.5 Å². The number of rotatable bonds is 8. The van der Waals surface area contributed by atoms with Crippen molar-refractivity contribution < 1.29 is 15.0 Å². The SMILES string of the molecule is CCCc1sc(C(=O)N(CCO)CCO)cc1CC. The quantitative estimate of drug-likeness (QED) is 0.764. The second-order valence-electron chi connectivity index (χ2n) is 4.40. The average molecular weight is 285 g/mol. The minimum absolute atomic E-state index is 0.0838. The van der Waals surface area contributed by atoms with E-state index in [0.717, 1.165) is 19.3 Å². The van der Waals surface area contributed by atoms with Crippen molar-refractivity contribution in [2.24, 2.45) is 0 Å². The number of aryl methyl sites for hydroxylation is 2. The highest BCUT2D eigenvalue weighted by Gasteiger charge is 2.18. The summed E-state index contributed by atoms with van der Waals surface area (Å²) in [6.07, 6.45) is 3.00. The summed E-state index contributed by atoms with van der Waals surface area (Å²) in [7, 11) is 0. The zero-order chi connectivity index (χ0) is 14.3. The average Bonchev–Trinajstić information content (AvgIpc) is 2.81. The van der Waals surface area contributed by atoms with Crippen LogP contribution in [0.4, 0.5) is 0 Å². The highest BCUT2D eigenvalue weighted by atomic mass is 32.1. The lowest BCUT2D eigenvalue weighted by Gasteiger charge is -2.19. The van der Waals surface area contributed by atoms with Crippen LogP contribution in [0.25, 0.3) is 0 Å². The zero-order valence-electron chi connectivity index (χ0n) is 11.7. The number of carbonyl (C=O) groups is 1. The third kappa shape index (κ3) is 4.30. The Hall–Kier alpha value is -0.910. The number of carbonyl (C=O) groups excluding carboxylic acids is 1. The summed E-state index contributed by atoms with van der Waals surface area (Å²) in [6.45, 7) is 4.59. The first kappa shape index (κ1) is 16.1. The van der Waals surface area contributed by atoms with Gasteiger partial charge in [0.25, 0.3) is 5.91 Å². The molecule has 108 valence electrons. The molecule has 0 bridgehead atoms. The van der Waals surface area contributed by atoms with Crippen LogP contribution in [0.3, 0.4) is 0 Å². The van der Waals surface area contributed by atoms with Crippen LogP contribution in [0, 0.1) is 0 Å². The maximum Gasteiger partial charge on any atom is 0.264 e. The van der Waals surface area contributed by atoms with Crippen molar-refractivity contribution in [1.29, 1.82) is 0 Å². The van der Waals surface area contributed by atoms with Gasteiger partial charge in [-0.15, -0.1) is 11.3 Å². The van der Waals surface area contributed by atoms with Crippen LogP contribution in [-0.2, 0) is 12.8 Å². The number of hydrogen-bond donors (Lipinski definition) is 2. The summed E-state index contributed by atoms with van der Waals surface area (Å²) in [5, 5.41) is 18.0. The van der Waals surface area contributed by atoms with Crippen molar-refractivity contribution in [3.8, 4) is 0 Å². The molecule has 1 rings (SSSR count). The molecule has 1 aromatic heterocycles. The number of hydrogen-bond acceptors (Lipinski definition) is 4. The molecule has 1 amide bonds. The van der Waals surface area contributed by atoms with Gasteiger partial charge in [0.15, 0.2) is 0 Å². The third-order valence-corrected chi connectivity index (χ3v) is 4.22. The molecule has 2 N–H and O–H groups in total. The largest absolute Gasteiger partial charge is 0.395 e. The van der Waals surface area contributed by atoms with E-state index in [4.69, 9.17) is 10.2 Å². The van der Waals surface area contributed by atoms with Crippen LogP contribution < -0.4 is 0 Å². The van der Waals surface area contributed by atoms with Gasteiger partial charge >= 0.3 is 0 Å². The lowest BCUT2D eigenvalue weighted by molar-refractivity contribution is 0.0689. The van der Waals surface area contributed by atoms with Gasteiger partial charge in [0.05, 0.1) is 18.1 Å². The van der Waals surface area contributed by atoms with Gasteiger partial charge < -0.3 is 15.1 Å². The number of amides is 1. The summed E-state index contributed by atoms with van der Waals surface area (Å²) in [4.78, 5) is 15.8.